The summed E-state index contributed by atoms with van der Waals surface area (Å²) < 4.78 is -1.43. The van der Waals surface area contributed by atoms with Gasteiger partial charge in [0.2, 0.25) is 0 Å². The van der Waals surface area contributed by atoms with Gasteiger partial charge in [-0.25, -0.2) is 9.69 Å². The molecule has 0 amide bonds. The Hall–Kier alpha value is -3.22. The number of carbonyl (C=O) groups is 2. The standard InChI is InChI=1S/C23H30N2O9/c1-14-3-16(22(32)18(5-14)11-26)7-24(8-20(28)29)13-25(34,10-21(30)31)9-17-4-15(2)6-19(12-27)23(17)33/h3-6,26-27,32-33H,7-13H2,1-2H3,(H,28,29)(H,30,31). The van der Waals surface area contributed by atoms with Crippen LogP contribution in [0.5, 0.6) is 11.5 Å². The third-order valence-electron chi connectivity index (χ3n) is 5.26. The summed E-state index contributed by atoms with van der Waals surface area (Å²) in [7, 11) is 0. The molecule has 0 aliphatic carbocycles. The number of aromatic hydroxyl groups is 2. The van der Waals surface area contributed by atoms with Crippen LogP contribution in [0.25, 0.3) is 0 Å². The topological polar surface area (TPSA) is 182 Å². The van der Waals surface area contributed by atoms with Gasteiger partial charge < -0.3 is 40.5 Å². The van der Waals surface area contributed by atoms with Crippen molar-refractivity contribution in [2.45, 2.75) is 40.2 Å². The van der Waals surface area contributed by atoms with Crippen molar-refractivity contribution >= 4 is 11.9 Å². The highest BCUT2D eigenvalue weighted by Gasteiger charge is 2.29. The predicted molar refractivity (Wildman–Crippen MR) is 120 cm³/mol. The van der Waals surface area contributed by atoms with Crippen molar-refractivity contribution in [3.63, 3.8) is 0 Å². The smallest absolute Gasteiger partial charge is 0.359 e. The van der Waals surface area contributed by atoms with Crippen LogP contribution < -0.4 is 0 Å². The molecule has 11 heteroatoms. The van der Waals surface area contributed by atoms with Gasteiger partial charge in [0.05, 0.1) is 13.2 Å². The SMILES string of the molecule is Cc1cc(CO)c(O)c(CN(CC(=O)O)C[N+]([O-])(CC(=O)O)Cc2cc(C)cc(CO)c2O)c1. The normalized spacial score (nSPS) is 13.1. The van der Waals surface area contributed by atoms with Crippen LogP contribution in [0.15, 0.2) is 24.3 Å². The number of quaternary nitrogens is 1. The zero-order valence-electron chi connectivity index (χ0n) is 19.1. The van der Waals surface area contributed by atoms with Crippen LogP contribution in [0.1, 0.15) is 33.4 Å². The van der Waals surface area contributed by atoms with Gasteiger partial charge in [0, 0.05) is 28.8 Å². The van der Waals surface area contributed by atoms with Gasteiger partial charge in [-0.15, -0.1) is 0 Å². The van der Waals surface area contributed by atoms with Crippen LogP contribution in [-0.2, 0) is 35.9 Å². The molecule has 0 saturated heterocycles. The number of rotatable bonds is 12. The lowest BCUT2D eigenvalue weighted by atomic mass is 10.0. The minimum absolute atomic E-state index is 0.122. The molecule has 0 saturated carbocycles. The van der Waals surface area contributed by atoms with E-state index in [0.717, 1.165) is 0 Å². The number of nitrogens with zero attached hydrogens (tertiary/aromatic N) is 2. The second-order valence-electron chi connectivity index (χ2n) is 8.47. The Balaban J connectivity index is 2.44. The van der Waals surface area contributed by atoms with Gasteiger partial charge in [0.15, 0.2) is 6.54 Å². The zero-order chi connectivity index (χ0) is 25.6. The number of aryl methyl sites for hydroxylation is 2. The summed E-state index contributed by atoms with van der Waals surface area (Å²) in [4.78, 5) is 24.2. The Morgan fingerprint density at radius 2 is 1.32 bits per heavy atom. The van der Waals surface area contributed by atoms with E-state index in [2.05, 4.69) is 0 Å². The van der Waals surface area contributed by atoms with E-state index >= 15 is 0 Å². The number of carboxylic acid groups (broad SMARTS) is 2. The highest BCUT2D eigenvalue weighted by Crippen LogP contribution is 2.30. The molecule has 2 aromatic rings. The number of benzene rings is 2. The molecule has 0 aliphatic rings. The van der Waals surface area contributed by atoms with E-state index in [-0.39, 0.29) is 40.3 Å². The number of hydrogen-bond acceptors (Lipinski definition) is 8. The summed E-state index contributed by atoms with van der Waals surface area (Å²) in [6, 6.07) is 6.19. The first kappa shape index (κ1) is 27.0. The maximum absolute atomic E-state index is 13.6. The first-order chi connectivity index (χ1) is 15.9. The summed E-state index contributed by atoms with van der Waals surface area (Å²) in [5, 5.41) is 72.2. The largest absolute Gasteiger partial charge is 0.631 e. The van der Waals surface area contributed by atoms with E-state index in [0.29, 0.717) is 11.1 Å². The van der Waals surface area contributed by atoms with Gasteiger partial charge in [-0.1, -0.05) is 29.3 Å². The van der Waals surface area contributed by atoms with Crippen molar-refractivity contribution in [3.8, 4) is 11.5 Å². The van der Waals surface area contributed by atoms with Crippen LogP contribution in [0.2, 0.25) is 0 Å². The minimum Gasteiger partial charge on any atom is -0.631 e. The second-order valence-corrected chi connectivity index (χ2v) is 8.47. The number of aliphatic hydroxyl groups excluding tert-OH is 2. The highest BCUT2D eigenvalue weighted by molar-refractivity contribution is 5.69. The van der Waals surface area contributed by atoms with Crippen molar-refractivity contribution in [2.75, 3.05) is 19.8 Å². The molecule has 2 aromatic carbocycles. The number of aliphatic carboxylic acids is 2. The summed E-state index contributed by atoms with van der Waals surface area (Å²) in [6.45, 7) is -0.326. The number of aliphatic hydroxyl groups is 2. The Morgan fingerprint density at radius 3 is 1.79 bits per heavy atom. The van der Waals surface area contributed by atoms with Gasteiger partial charge in [0.25, 0.3) is 0 Å². The number of hydroxylamine groups is 3. The quantitative estimate of drug-likeness (QED) is 0.147. The molecule has 0 radical (unpaired) electrons. The fourth-order valence-corrected chi connectivity index (χ4v) is 4.02. The van der Waals surface area contributed by atoms with Gasteiger partial charge in [-0.2, -0.15) is 0 Å². The van der Waals surface area contributed by atoms with Crippen molar-refractivity contribution in [3.05, 3.63) is 62.9 Å². The van der Waals surface area contributed by atoms with Crippen LogP contribution in [0.4, 0.5) is 0 Å². The van der Waals surface area contributed by atoms with Gasteiger partial charge >= 0.3 is 11.9 Å². The minimum atomic E-state index is -1.43. The number of hydrogen-bond donors (Lipinski definition) is 6. The molecule has 0 heterocycles. The lowest BCUT2D eigenvalue weighted by Gasteiger charge is -2.44. The molecule has 34 heavy (non-hydrogen) atoms. The third-order valence-corrected chi connectivity index (χ3v) is 5.26. The van der Waals surface area contributed by atoms with Crippen LogP contribution >= 0.6 is 0 Å². The zero-order valence-corrected chi connectivity index (χ0v) is 19.1. The first-order valence-electron chi connectivity index (χ1n) is 10.4. The van der Waals surface area contributed by atoms with Crippen LogP contribution in [-0.4, -0.2) is 71.9 Å². The fourth-order valence-electron chi connectivity index (χ4n) is 4.02. The molecular weight excluding hydrogens is 448 g/mol. The highest BCUT2D eigenvalue weighted by atomic mass is 16.6. The Morgan fingerprint density at radius 1 is 0.853 bits per heavy atom. The van der Waals surface area contributed by atoms with Gasteiger partial charge in [-0.05, 0) is 19.9 Å². The predicted octanol–water partition coefficient (Wildman–Crippen LogP) is 1.14. The average Bonchev–Trinajstić information content (AvgIpc) is 2.71. The Kier molecular flexibility index (Phi) is 8.96. The summed E-state index contributed by atoms with van der Waals surface area (Å²) >= 11 is 0. The Bertz CT molecular complexity index is 1060. The van der Waals surface area contributed by atoms with Crippen molar-refractivity contribution in [1.82, 2.24) is 4.90 Å². The fraction of sp³-hybridized carbons (Fsp3) is 0.391. The number of phenols is 2. The van der Waals surface area contributed by atoms with E-state index in [1.807, 2.05) is 0 Å². The first-order valence-corrected chi connectivity index (χ1v) is 10.4. The van der Waals surface area contributed by atoms with Crippen molar-refractivity contribution in [2.24, 2.45) is 0 Å². The second kappa shape index (κ2) is 11.3. The molecule has 11 nitrogen and oxygen atoms in total. The summed E-state index contributed by atoms with van der Waals surface area (Å²) in [6.07, 6.45) is 0. The molecule has 0 aliphatic heterocycles. The monoisotopic (exact) mass is 478 g/mol. The molecule has 0 bridgehead atoms. The lowest BCUT2D eigenvalue weighted by molar-refractivity contribution is -0.897. The molecule has 0 aromatic heterocycles. The summed E-state index contributed by atoms with van der Waals surface area (Å²) in [5.74, 6) is -3.25. The summed E-state index contributed by atoms with van der Waals surface area (Å²) in [5.41, 5.74) is 2.15. The molecule has 0 fully saturated rings. The van der Waals surface area contributed by atoms with E-state index in [1.54, 1.807) is 26.0 Å². The van der Waals surface area contributed by atoms with E-state index in [4.69, 9.17) is 0 Å². The molecule has 1 unspecified atom stereocenters. The molecule has 1 atom stereocenters. The van der Waals surface area contributed by atoms with Gasteiger partial charge in [-0.3, -0.25) is 4.79 Å². The molecule has 2 rings (SSSR count). The molecular formula is C23H30N2O9. The van der Waals surface area contributed by atoms with Crippen molar-refractivity contribution in [1.29, 1.82) is 0 Å². The molecule has 186 valence electrons. The van der Waals surface area contributed by atoms with E-state index in [9.17, 15) is 45.4 Å². The molecule has 6 N–H and O–H groups in total. The lowest BCUT2D eigenvalue weighted by Crippen LogP contribution is -2.52. The van der Waals surface area contributed by atoms with E-state index in [1.165, 1.54) is 17.0 Å². The van der Waals surface area contributed by atoms with Crippen LogP contribution in [0.3, 0.4) is 0 Å². The van der Waals surface area contributed by atoms with Gasteiger partial charge in [0.1, 0.15) is 31.3 Å². The van der Waals surface area contributed by atoms with Crippen LogP contribution in [0, 0.1) is 19.1 Å². The molecule has 0 spiro atoms. The maximum Gasteiger partial charge on any atom is 0.359 e. The van der Waals surface area contributed by atoms with Crippen molar-refractivity contribution < 1.29 is 44.9 Å². The number of carboxylic acids is 2. The third kappa shape index (κ3) is 7.14. The maximum atomic E-state index is 13.6. The average molecular weight is 478 g/mol. The Labute approximate surface area is 196 Å². The van der Waals surface area contributed by atoms with E-state index < -0.39 is 56.1 Å².